The lowest BCUT2D eigenvalue weighted by Gasteiger charge is -2.38. The van der Waals surface area contributed by atoms with Gasteiger partial charge in [-0.15, -0.1) is 11.8 Å². The summed E-state index contributed by atoms with van der Waals surface area (Å²) in [6.45, 7) is 1.74. The van der Waals surface area contributed by atoms with Crippen molar-refractivity contribution in [1.82, 2.24) is 14.7 Å². The van der Waals surface area contributed by atoms with E-state index in [2.05, 4.69) is 11.4 Å². The third kappa shape index (κ3) is 7.00. The van der Waals surface area contributed by atoms with E-state index >= 15 is 0 Å². The lowest BCUT2D eigenvalue weighted by atomic mass is 9.84. The zero-order valence-corrected chi connectivity index (χ0v) is 26.9. The second-order valence-electron chi connectivity index (χ2n) is 12.8. The van der Waals surface area contributed by atoms with Crippen LogP contribution >= 0.6 is 11.8 Å². The van der Waals surface area contributed by atoms with E-state index in [0.29, 0.717) is 44.8 Å². The first-order valence-electron chi connectivity index (χ1n) is 16.5. The summed E-state index contributed by atoms with van der Waals surface area (Å²) in [5.74, 6) is -0.226. The minimum atomic E-state index is -0.676. The lowest BCUT2D eigenvalue weighted by molar-refractivity contribution is -0.154. The molecule has 0 bridgehead atoms. The van der Waals surface area contributed by atoms with Gasteiger partial charge in [-0.05, 0) is 48.8 Å². The fourth-order valence-electron chi connectivity index (χ4n) is 7.52. The van der Waals surface area contributed by atoms with Gasteiger partial charge in [-0.3, -0.25) is 9.59 Å². The zero-order chi connectivity index (χ0) is 31.3. The summed E-state index contributed by atoms with van der Waals surface area (Å²) >= 11 is 1.47. The third-order valence-corrected chi connectivity index (χ3v) is 11.5. The number of hydrogen-bond donors (Lipinski definition) is 1. The van der Waals surface area contributed by atoms with Crippen molar-refractivity contribution in [3.8, 4) is 0 Å². The highest BCUT2D eigenvalue weighted by molar-refractivity contribution is 8.01. The van der Waals surface area contributed by atoms with E-state index in [1.54, 1.807) is 4.90 Å². The lowest BCUT2D eigenvalue weighted by Crippen LogP contribution is -2.50. The molecule has 3 fully saturated rings. The monoisotopic (exact) mass is 634 g/mol. The quantitative estimate of drug-likeness (QED) is 0.366. The van der Waals surface area contributed by atoms with Crippen LogP contribution in [0.2, 0.25) is 0 Å². The Bertz CT molecular complexity index is 1380. The molecular weight excluding hydrogens is 588 g/mol. The van der Waals surface area contributed by atoms with Gasteiger partial charge in [0.15, 0.2) is 0 Å². The molecule has 45 heavy (non-hydrogen) atoms. The number of amides is 4. The molecule has 4 amide bonds. The number of methoxy groups -OCH3 is 1. The molecule has 1 aliphatic carbocycles. The fraction of sp³-hybridized carbons (Fsp3) is 0.543. The van der Waals surface area contributed by atoms with Crippen LogP contribution < -0.4 is 5.32 Å². The number of ether oxygens (including phenoxy) is 1. The summed E-state index contributed by atoms with van der Waals surface area (Å²) < 4.78 is 5.25. The number of anilines is 1. The number of hydrogen-bond acceptors (Lipinski definition) is 6. The van der Waals surface area contributed by atoms with E-state index in [-0.39, 0.29) is 43.1 Å². The summed E-state index contributed by atoms with van der Waals surface area (Å²) in [5, 5.41) is 2.12. The van der Waals surface area contributed by atoms with Crippen LogP contribution in [0, 0.1) is 5.92 Å². The second-order valence-corrected chi connectivity index (χ2v) is 14.0. The van der Waals surface area contributed by atoms with Gasteiger partial charge in [0.25, 0.3) is 0 Å². The van der Waals surface area contributed by atoms with E-state index in [0.717, 1.165) is 48.9 Å². The molecule has 242 valence electrons. The Morgan fingerprint density at radius 2 is 1.67 bits per heavy atom. The smallest absolute Gasteiger partial charge is 0.328 e. The van der Waals surface area contributed by atoms with Gasteiger partial charge in [-0.25, -0.2) is 9.59 Å². The van der Waals surface area contributed by atoms with E-state index in [4.69, 9.17) is 4.74 Å². The first-order valence-corrected chi connectivity index (χ1v) is 17.4. The average Bonchev–Trinajstić information content (AvgIpc) is 3.29. The topological polar surface area (TPSA) is 99.3 Å². The standard InChI is InChI=1S/C35H44N4O5S.H2/c1-44-34(42)29(22-24-10-4-2-5-11-24)39-32(41)30(45-33(39)26-13-6-3-7-14-26)23-31(40)37-19-17-27(18-20-37)38-21-16-25-12-8-9-15-28(25)36-35(38)43;/h3,6-9,12-15,24,27,29-30,33H,2,4-5,10-11,16-23H2,1H3,(H,36,43);1H/t29-,30?,33?;/m1./s1. The number of likely N-dealkylation sites (tertiary alicyclic amines) is 1. The van der Waals surface area contributed by atoms with Gasteiger partial charge in [0.05, 0.1) is 12.4 Å². The summed E-state index contributed by atoms with van der Waals surface area (Å²) in [7, 11) is 1.39. The van der Waals surface area contributed by atoms with Crippen molar-refractivity contribution in [2.45, 2.75) is 86.9 Å². The first-order chi connectivity index (χ1) is 21.9. The molecular formula is C35H46N4O5S. The van der Waals surface area contributed by atoms with Gasteiger partial charge < -0.3 is 24.8 Å². The molecule has 2 unspecified atom stereocenters. The molecule has 2 aromatic rings. The number of carbonyl (C=O) groups is 4. The van der Waals surface area contributed by atoms with E-state index in [1.807, 2.05) is 58.3 Å². The highest BCUT2D eigenvalue weighted by Gasteiger charge is 2.48. The number of fused-ring (bicyclic) bond motifs is 1. The Morgan fingerprint density at radius 1 is 0.956 bits per heavy atom. The largest absolute Gasteiger partial charge is 0.467 e. The van der Waals surface area contributed by atoms with Crippen molar-refractivity contribution >= 4 is 41.3 Å². The van der Waals surface area contributed by atoms with Gasteiger partial charge >= 0.3 is 12.0 Å². The molecule has 9 nitrogen and oxygen atoms in total. The molecule has 4 aliphatic rings. The van der Waals surface area contributed by atoms with Gasteiger partial charge in [-0.2, -0.15) is 0 Å². The van der Waals surface area contributed by atoms with Crippen LogP contribution in [0.5, 0.6) is 0 Å². The van der Waals surface area contributed by atoms with Gasteiger partial charge in [0, 0.05) is 39.2 Å². The molecule has 2 aromatic carbocycles. The normalized spacial score (nSPS) is 23.7. The molecule has 0 radical (unpaired) electrons. The van der Waals surface area contributed by atoms with Gasteiger partial charge in [0.2, 0.25) is 11.8 Å². The molecule has 3 atom stereocenters. The molecule has 0 spiro atoms. The highest BCUT2D eigenvalue weighted by Crippen LogP contribution is 2.47. The Morgan fingerprint density at radius 3 is 2.40 bits per heavy atom. The molecule has 3 aliphatic heterocycles. The summed E-state index contributed by atoms with van der Waals surface area (Å²) in [5.41, 5.74) is 2.95. The minimum Gasteiger partial charge on any atom is -0.467 e. The maximum atomic E-state index is 14.1. The Hall–Kier alpha value is -3.53. The number of nitrogens with zero attached hydrogens (tertiary/aromatic N) is 3. The molecule has 10 heteroatoms. The molecule has 0 aromatic heterocycles. The Kier molecular flexibility index (Phi) is 9.97. The number of piperidine rings is 1. The zero-order valence-electron chi connectivity index (χ0n) is 26.1. The minimum absolute atomic E-state index is 0. The summed E-state index contributed by atoms with van der Waals surface area (Å²) in [4.78, 5) is 59.5. The van der Waals surface area contributed by atoms with Crippen LogP contribution in [0.4, 0.5) is 10.5 Å². The third-order valence-electron chi connectivity index (χ3n) is 10.0. The maximum Gasteiger partial charge on any atom is 0.328 e. The Balaban J connectivity index is 0.00000417. The van der Waals surface area contributed by atoms with E-state index in [1.165, 1.54) is 25.3 Å². The second kappa shape index (κ2) is 14.3. The molecule has 3 heterocycles. The van der Waals surface area contributed by atoms with E-state index < -0.39 is 11.3 Å². The molecule has 1 saturated carbocycles. The van der Waals surface area contributed by atoms with Crippen LogP contribution in [0.3, 0.4) is 0 Å². The van der Waals surface area contributed by atoms with Crippen molar-refractivity contribution in [2.24, 2.45) is 5.92 Å². The predicted molar refractivity (Wildman–Crippen MR) is 177 cm³/mol. The van der Waals surface area contributed by atoms with E-state index in [9.17, 15) is 19.2 Å². The van der Waals surface area contributed by atoms with Crippen molar-refractivity contribution in [1.29, 1.82) is 0 Å². The van der Waals surface area contributed by atoms with Crippen LogP contribution in [-0.4, -0.2) is 82.6 Å². The number of rotatable bonds is 8. The number of thioether (sulfide) groups is 1. The SMILES string of the molecule is COC(=O)[C@@H](CC1CCCCC1)N1C(=O)C(CC(=O)N2CCC(N3CCc4ccccc4NC3=O)CC2)SC1c1ccccc1.[HH]. The first kappa shape index (κ1) is 31.5. The number of esters is 1. The van der Waals surface area contributed by atoms with Gasteiger partial charge in [0.1, 0.15) is 11.4 Å². The summed E-state index contributed by atoms with van der Waals surface area (Å²) in [6, 6.07) is 17.0. The Labute approximate surface area is 271 Å². The van der Waals surface area contributed by atoms with Crippen LogP contribution in [0.15, 0.2) is 54.6 Å². The maximum absolute atomic E-state index is 14.1. The fourth-order valence-corrected chi connectivity index (χ4v) is 9.01. The predicted octanol–water partition coefficient (Wildman–Crippen LogP) is 5.86. The number of urea groups is 1. The average molecular weight is 635 g/mol. The number of benzene rings is 2. The molecule has 1 N–H and O–H groups in total. The van der Waals surface area contributed by atoms with Crippen molar-refractivity contribution < 1.29 is 25.3 Å². The van der Waals surface area contributed by atoms with Gasteiger partial charge in [-0.1, -0.05) is 80.6 Å². The highest BCUT2D eigenvalue weighted by atomic mass is 32.2. The molecule has 2 saturated heterocycles. The van der Waals surface area contributed by atoms with Crippen LogP contribution in [0.1, 0.15) is 75.7 Å². The van der Waals surface area contributed by atoms with Crippen LogP contribution in [0.25, 0.3) is 0 Å². The van der Waals surface area contributed by atoms with Crippen LogP contribution in [-0.2, 0) is 25.5 Å². The molecule has 6 rings (SSSR count). The van der Waals surface area contributed by atoms with Crippen molar-refractivity contribution in [3.05, 3.63) is 65.7 Å². The van der Waals surface area contributed by atoms with Crippen molar-refractivity contribution in [2.75, 3.05) is 32.1 Å². The number of nitrogens with one attached hydrogen (secondary N) is 1. The number of para-hydroxylation sites is 1. The van der Waals surface area contributed by atoms with Crippen molar-refractivity contribution in [3.63, 3.8) is 0 Å². The summed E-state index contributed by atoms with van der Waals surface area (Å²) in [6.07, 6.45) is 8.49. The number of carbonyl (C=O) groups excluding carboxylic acids is 4.